The van der Waals surface area contributed by atoms with Crippen molar-refractivity contribution in [3.05, 3.63) is 89.0 Å². The molecule has 1 aliphatic rings. The predicted octanol–water partition coefficient (Wildman–Crippen LogP) is 7.85. The van der Waals surface area contributed by atoms with E-state index in [0.29, 0.717) is 17.8 Å². The minimum absolute atomic E-state index is 0.0241. The summed E-state index contributed by atoms with van der Waals surface area (Å²) in [6, 6.07) is 13.3. The second-order valence-electron chi connectivity index (χ2n) is 9.76. The van der Waals surface area contributed by atoms with Gasteiger partial charge in [0.25, 0.3) is 5.91 Å². The number of anilines is 3. The highest BCUT2D eigenvalue weighted by molar-refractivity contribution is 6.04. The van der Waals surface area contributed by atoms with E-state index in [1.165, 1.54) is 12.1 Å². The van der Waals surface area contributed by atoms with Gasteiger partial charge in [-0.2, -0.15) is 26.3 Å². The number of hydrogen-bond donors (Lipinski definition) is 3. The summed E-state index contributed by atoms with van der Waals surface area (Å²) in [4.78, 5) is 28.1. The van der Waals surface area contributed by atoms with Crippen LogP contribution in [0.2, 0.25) is 0 Å². The van der Waals surface area contributed by atoms with Crippen molar-refractivity contribution in [1.29, 1.82) is 0 Å². The number of nitrogens with zero attached hydrogens (tertiary/aromatic N) is 1. The molecule has 0 aliphatic carbocycles. The highest BCUT2D eigenvalue weighted by atomic mass is 19.4. The molecule has 1 atom stereocenters. The van der Waals surface area contributed by atoms with Gasteiger partial charge in [-0.1, -0.05) is 30.3 Å². The summed E-state index contributed by atoms with van der Waals surface area (Å²) < 4.78 is 79.2. The molecular formula is C29H28F6N4O2. The van der Waals surface area contributed by atoms with E-state index in [2.05, 4.69) is 15.5 Å². The number of piperidine rings is 1. The maximum Gasteiger partial charge on any atom is 0.416 e. The van der Waals surface area contributed by atoms with E-state index in [4.69, 9.17) is 0 Å². The zero-order chi connectivity index (χ0) is 29.8. The zero-order valence-corrected chi connectivity index (χ0v) is 22.0. The summed E-state index contributed by atoms with van der Waals surface area (Å²) in [5.74, 6) is -0.404. The number of hydrogen-bond acceptors (Lipinski definition) is 3. The predicted molar refractivity (Wildman–Crippen MR) is 144 cm³/mol. The minimum Gasteiger partial charge on any atom is -0.371 e. The Morgan fingerprint density at radius 3 is 1.93 bits per heavy atom. The number of rotatable bonds is 6. The number of alkyl halides is 6. The maximum absolute atomic E-state index is 13.4. The summed E-state index contributed by atoms with van der Waals surface area (Å²) in [6.07, 6.45) is -7.16. The topological polar surface area (TPSA) is 73.5 Å². The SMILES string of the molecule is CC(NC(=O)c1cc(NC(=O)Nc2cc(C(F)(F)F)cc(C(F)(F)F)c2)ccc1N1CCCCC1)c1ccccc1. The molecule has 3 amide bonds. The number of benzene rings is 3. The average molecular weight is 579 g/mol. The molecule has 3 aromatic rings. The van der Waals surface area contributed by atoms with Gasteiger partial charge >= 0.3 is 18.4 Å². The molecule has 41 heavy (non-hydrogen) atoms. The third-order valence-corrected chi connectivity index (χ3v) is 6.69. The van der Waals surface area contributed by atoms with E-state index in [9.17, 15) is 35.9 Å². The molecule has 3 N–H and O–H groups in total. The van der Waals surface area contributed by atoms with Gasteiger partial charge in [0.2, 0.25) is 0 Å². The molecule has 1 unspecified atom stereocenters. The van der Waals surface area contributed by atoms with Crippen molar-refractivity contribution in [3.63, 3.8) is 0 Å². The number of amides is 3. The third kappa shape index (κ3) is 7.71. The molecule has 0 spiro atoms. The molecule has 3 aromatic carbocycles. The minimum atomic E-state index is -5.06. The number of carbonyl (C=O) groups excluding carboxylic acids is 2. The monoisotopic (exact) mass is 578 g/mol. The van der Waals surface area contributed by atoms with Crippen LogP contribution in [0.1, 0.15) is 59.3 Å². The molecule has 6 nitrogen and oxygen atoms in total. The molecule has 0 saturated carbocycles. The van der Waals surface area contributed by atoms with Crippen molar-refractivity contribution in [2.45, 2.75) is 44.6 Å². The zero-order valence-electron chi connectivity index (χ0n) is 22.0. The Morgan fingerprint density at radius 1 is 0.756 bits per heavy atom. The van der Waals surface area contributed by atoms with E-state index in [1.807, 2.05) is 42.6 Å². The molecule has 1 saturated heterocycles. The van der Waals surface area contributed by atoms with Crippen LogP contribution in [0.5, 0.6) is 0 Å². The highest BCUT2D eigenvalue weighted by Gasteiger charge is 2.37. The van der Waals surface area contributed by atoms with Gasteiger partial charge in [0.15, 0.2) is 0 Å². The summed E-state index contributed by atoms with van der Waals surface area (Å²) in [5.41, 5.74) is -1.87. The first-order valence-electron chi connectivity index (χ1n) is 12.9. The van der Waals surface area contributed by atoms with E-state index in [0.717, 1.165) is 37.9 Å². The number of nitrogens with one attached hydrogen (secondary N) is 3. The number of urea groups is 1. The lowest BCUT2D eigenvalue weighted by atomic mass is 10.0. The van der Waals surface area contributed by atoms with Gasteiger partial charge in [-0.15, -0.1) is 0 Å². The van der Waals surface area contributed by atoms with Gasteiger partial charge in [0.05, 0.1) is 22.7 Å². The Balaban J connectivity index is 1.58. The van der Waals surface area contributed by atoms with E-state index >= 15 is 0 Å². The first-order chi connectivity index (χ1) is 19.3. The van der Waals surface area contributed by atoms with Crippen molar-refractivity contribution in [3.8, 4) is 0 Å². The third-order valence-electron chi connectivity index (χ3n) is 6.69. The van der Waals surface area contributed by atoms with Crippen LogP contribution < -0.4 is 20.9 Å². The van der Waals surface area contributed by atoms with Gasteiger partial charge in [-0.05, 0) is 68.1 Å². The van der Waals surface area contributed by atoms with Crippen LogP contribution in [0.15, 0.2) is 66.7 Å². The Morgan fingerprint density at radius 2 is 1.34 bits per heavy atom. The Labute approximate surface area is 232 Å². The van der Waals surface area contributed by atoms with Crippen molar-refractivity contribution in [1.82, 2.24) is 5.32 Å². The summed E-state index contributed by atoms with van der Waals surface area (Å²) in [7, 11) is 0. The van der Waals surface area contributed by atoms with Gasteiger partial charge in [0, 0.05) is 30.2 Å². The molecule has 12 heteroatoms. The summed E-state index contributed by atoms with van der Waals surface area (Å²) in [6.45, 7) is 3.30. The number of carbonyl (C=O) groups is 2. The smallest absolute Gasteiger partial charge is 0.371 e. The van der Waals surface area contributed by atoms with Gasteiger partial charge in [0.1, 0.15) is 0 Å². The van der Waals surface area contributed by atoms with Crippen LogP contribution in [-0.4, -0.2) is 25.0 Å². The fourth-order valence-corrected chi connectivity index (χ4v) is 4.63. The standard InChI is InChI=1S/C29H28F6N4O2/c1-18(19-8-4-2-5-9-19)36-26(40)24-17-22(10-11-25(24)39-12-6-3-7-13-39)37-27(41)38-23-15-20(28(30,31)32)14-21(16-23)29(33,34)35/h2,4-5,8-11,14-18H,3,6-7,12-13H2,1H3,(H,36,40)(H2,37,38,41). The summed E-state index contributed by atoms with van der Waals surface area (Å²) >= 11 is 0. The van der Waals surface area contributed by atoms with Crippen LogP contribution >= 0.6 is 0 Å². The second kappa shape index (κ2) is 12.1. The van der Waals surface area contributed by atoms with Crippen molar-refractivity contribution >= 4 is 29.0 Å². The Hall–Kier alpha value is -4.22. The number of halogens is 6. The first kappa shape index (κ1) is 29.8. The first-order valence-corrected chi connectivity index (χ1v) is 12.9. The van der Waals surface area contributed by atoms with Gasteiger partial charge < -0.3 is 20.9 Å². The molecule has 1 aliphatic heterocycles. The quantitative estimate of drug-likeness (QED) is 0.261. The fraction of sp³-hybridized carbons (Fsp3) is 0.310. The van der Waals surface area contributed by atoms with Crippen LogP contribution in [0.3, 0.4) is 0 Å². The van der Waals surface area contributed by atoms with Crippen molar-refractivity contribution in [2.24, 2.45) is 0 Å². The molecule has 0 aromatic heterocycles. The largest absolute Gasteiger partial charge is 0.416 e. The molecule has 218 valence electrons. The molecule has 0 bridgehead atoms. The normalized spacial score (nSPS) is 14.8. The molecule has 1 heterocycles. The lowest BCUT2D eigenvalue weighted by Gasteiger charge is -2.31. The van der Waals surface area contributed by atoms with E-state index in [-0.39, 0.29) is 23.4 Å². The van der Waals surface area contributed by atoms with Gasteiger partial charge in [-0.3, -0.25) is 4.79 Å². The van der Waals surface area contributed by atoms with Crippen LogP contribution in [0, 0.1) is 0 Å². The maximum atomic E-state index is 13.4. The van der Waals surface area contributed by atoms with Crippen molar-refractivity contribution < 1.29 is 35.9 Å². The molecular weight excluding hydrogens is 550 g/mol. The van der Waals surface area contributed by atoms with Gasteiger partial charge in [-0.25, -0.2) is 4.79 Å². The molecule has 0 radical (unpaired) electrons. The Bertz CT molecular complexity index is 1350. The van der Waals surface area contributed by atoms with Crippen LogP contribution in [-0.2, 0) is 12.4 Å². The average Bonchev–Trinajstić information content (AvgIpc) is 2.92. The lowest BCUT2D eigenvalue weighted by Crippen LogP contribution is -2.33. The van der Waals surface area contributed by atoms with Crippen LogP contribution in [0.25, 0.3) is 0 Å². The Kier molecular flexibility index (Phi) is 8.79. The second-order valence-corrected chi connectivity index (χ2v) is 9.76. The van der Waals surface area contributed by atoms with E-state index < -0.39 is 41.1 Å². The highest BCUT2D eigenvalue weighted by Crippen LogP contribution is 2.37. The van der Waals surface area contributed by atoms with Crippen LogP contribution in [0.4, 0.5) is 48.2 Å². The van der Waals surface area contributed by atoms with E-state index in [1.54, 1.807) is 6.07 Å². The molecule has 1 fully saturated rings. The summed E-state index contributed by atoms with van der Waals surface area (Å²) in [5, 5.41) is 7.39. The lowest BCUT2D eigenvalue weighted by molar-refractivity contribution is -0.143. The molecule has 4 rings (SSSR count). The fourth-order valence-electron chi connectivity index (χ4n) is 4.63. The van der Waals surface area contributed by atoms with Crippen molar-refractivity contribution in [2.75, 3.05) is 28.6 Å².